The van der Waals surface area contributed by atoms with Crippen molar-refractivity contribution in [1.29, 1.82) is 0 Å². The van der Waals surface area contributed by atoms with Gasteiger partial charge in [-0.1, -0.05) is 12.1 Å². The van der Waals surface area contributed by atoms with E-state index in [-0.39, 0.29) is 5.92 Å². The molecule has 4 heteroatoms. The minimum absolute atomic E-state index is 0.159. The predicted octanol–water partition coefficient (Wildman–Crippen LogP) is 2.78. The van der Waals surface area contributed by atoms with Gasteiger partial charge in [-0.15, -0.1) is 0 Å². The quantitative estimate of drug-likeness (QED) is 0.810. The fourth-order valence-corrected chi connectivity index (χ4v) is 3.18. The molecule has 1 unspecified atom stereocenters. The first-order valence-electron chi connectivity index (χ1n) is 8.32. The lowest BCUT2D eigenvalue weighted by molar-refractivity contribution is -0.137. The fraction of sp³-hybridized carbons (Fsp3) is 0.611. The van der Waals surface area contributed by atoms with Crippen LogP contribution in [0.25, 0.3) is 0 Å². The average molecular weight is 304 g/mol. The van der Waals surface area contributed by atoms with Crippen LogP contribution in [0.4, 0.5) is 0 Å². The van der Waals surface area contributed by atoms with Crippen molar-refractivity contribution in [3.8, 4) is 5.75 Å². The van der Waals surface area contributed by atoms with E-state index in [0.717, 1.165) is 51.3 Å². The highest BCUT2D eigenvalue weighted by atomic mass is 16.5. The molecular formula is C18H28N2O2. The Balaban J connectivity index is 1.93. The van der Waals surface area contributed by atoms with Crippen molar-refractivity contribution in [2.24, 2.45) is 5.92 Å². The van der Waals surface area contributed by atoms with Crippen LogP contribution in [-0.2, 0) is 11.3 Å². The van der Waals surface area contributed by atoms with Crippen LogP contribution in [0.15, 0.2) is 24.3 Å². The van der Waals surface area contributed by atoms with Crippen molar-refractivity contribution in [3.05, 3.63) is 29.8 Å². The molecule has 122 valence electrons. The third-order valence-corrected chi connectivity index (χ3v) is 4.50. The number of ether oxygens (including phenoxy) is 1. The Morgan fingerprint density at radius 1 is 1.27 bits per heavy atom. The number of hydrogen-bond donors (Lipinski definition) is 0. The predicted molar refractivity (Wildman–Crippen MR) is 88.9 cm³/mol. The minimum atomic E-state index is 0.159. The molecule has 0 bridgehead atoms. The molecule has 0 spiro atoms. The van der Waals surface area contributed by atoms with Gasteiger partial charge in [0, 0.05) is 26.2 Å². The summed E-state index contributed by atoms with van der Waals surface area (Å²) in [4.78, 5) is 16.9. The molecule has 0 saturated carbocycles. The van der Waals surface area contributed by atoms with Crippen molar-refractivity contribution in [2.45, 2.75) is 33.2 Å². The Bertz CT molecular complexity index is 468. The van der Waals surface area contributed by atoms with Gasteiger partial charge in [0.1, 0.15) is 5.75 Å². The maximum Gasteiger partial charge on any atom is 0.226 e. The molecule has 1 atom stereocenters. The topological polar surface area (TPSA) is 32.8 Å². The molecule has 1 amide bonds. The van der Waals surface area contributed by atoms with Crippen LogP contribution >= 0.6 is 0 Å². The molecule has 1 aromatic rings. The molecule has 0 N–H and O–H groups in total. The van der Waals surface area contributed by atoms with Crippen LogP contribution in [0.2, 0.25) is 0 Å². The second kappa shape index (κ2) is 8.18. The number of carbonyl (C=O) groups is 1. The molecule has 1 aromatic carbocycles. The molecular weight excluding hydrogens is 276 g/mol. The first kappa shape index (κ1) is 16.8. The standard InChI is InChI=1S/C18H28N2O2/c1-4-20(5-2)18(21)16-7-6-12-19(14-16)13-15-8-10-17(22-3)11-9-15/h8-11,16H,4-7,12-14H2,1-3H3. The van der Waals surface area contributed by atoms with Crippen LogP contribution in [0.1, 0.15) is 32.3 Å². The van der Waals surface area contributed by atoms with E-state index in [2.05, 4.69) is 30.9 Å². The summed E-state index contributed by atoms with van der Waals surface area (Å²) in [6, 6.07) is 8.21. The van der Waals surface area contributed by atoms with Crippen LogP contribution in [0.3, 0.4) is 0 Å². The summed E-state index contributed by atoms with van der Waals surface area (Å²) in [6.07, 6.45) is 2.13. The molecule has 1 aliphatic heterocycles. The molecule has 1 fully saturated rings. The number of methoxy groups -OCH3 is 1. The lowest BCUT2D eigenvalue weighted by Gasteiger charge is -2.34. The van der Waals surface area contributed by atoms with E-state index < -0.39 is 0 Å². The van der Waals surface area contributed by atoms with Gasteiger partial charge in [-0.05, 0) is 50.9 Å². The summed E-state index contributed by atoms with van der Waals surface area (Å²) < 4.78 is 5.19. The normalized spacial score (nSPS) is 19.0. The smallest absolute Gasteiger partial charge is 0.226 e. The molecule has 0 aromatic heterocycles. The number of hydrogen-bond acceptors (Lipinski definition) is 3. The van der Waals surface area contributed by atoms with Crippen molar-refractivity contribution in [1.82, 2.24) is 9.80 Å². The van der Waals surface area contributed by atoms with Crippen LogP contribution in [0.5, 0.6) is 5.75 Å². The van der Waals surface area contributed by atoms with E-state index in [1.165, 1.54) is 5.56 Å². The molecule has 1 saturated heterocycles. The molecule has 2 rings (SSSR count). The summed E-state index contributed by atoms with van der Waals surface area (Å²) in [5.74, 6) is 1.37. The van der Waals surface area contributed by atoms with Gasteiger partial charge in [-0.3, -0.25) is 9.69 Å². The fourth-order valence-electron chi connectivity index (χ4n) is 3.18. The second-order valence-corrected chi connectivity index (χ2v) is 5.93. The Morgan fingerprint density at radius 3 is 2.55 bits per heavy atom. The Morgan fingerprint density at radius 2 is 1.95 bits per heavy atom. The van der Waals surface area contributed by atoms with Gasteiger partial charge in [-0.2, -0.15) is 0 Å². The lowest BCUT2D eigenvalue weighted by Crippen LogP contribution is -2.44. The summed E-state index contributed by atoms with van der Waals surface area (Å²) >= 11 is 0. The van der Waals surface area contributed by atoms with E-state index in [4.69, 9.17) is 4.74 Å². The minimum Gasteiger partial charge on any atom is -0.497 e. The highest BCUT2D eigenvalue weighted by molar-refractivity contribution is 5.79. The number of amides is 1. The molecule has 22 heavy (non-hydrogen) atoms. The Hall–Kier alpha value is -1.55. The zero-order valence-corrected chi connectivity index (χ0v) is 14.0. The number of carbonyl (C=O) groups excluding carboxylic acids is 1. The highest BCUT2D eigenvalue weighted by Crippen LogP contribution is 2.21. The van der Waals surface area contributed by atoms with E-state index in [0.29, 0.717) is 5.91 Å². The lowest BCUT2D eigenvalue weighted by atomic mass is 9.96. The molecule has 0 aliphatic carbocycles. The zero-order chi connectivity index (χ0) is 15.9. The number of nitrogens with zero attached hydrogens (tertiary/aromatic N) is 2. The largest absolute Gasteiger partial charge is 0.497 e. The van der Waals surface area contributed by atoms with Gasteiger partial charge in [0.25, 0.3) is 0 Å². The number of piperidine rings is 1. The third-order valence-electron chi connectivity index (χ3n) is 4.50. The van der Waals surface area contributed by atoms with Crippen molar-refractivity contribution in [3.63, 3.8) is 0 Å². The van der Waals surface area contributed by atoms with Crippen molar-refractivity contribution >= 4 is 5.91 Å². The maximum absolute atomic E-state index is 12.5. The molecule has 1 aliphatic rings. The first-order valence-corrected chi connectivity index (χ1v) is 8.32. The van der Waals surface area contributed by atoms with E-state index in [1.54, 1.807) is 7.11 Å². The van der Waals surface area contributed by atoms with Crippen molar-refractivity contribution < 1.29 is 9.53 Å². The number of likely N-dealkylation sites (tertiary alicyclic amines) is 1. The van der Waals surface area contributed by atoms with Crippen LogP contribution in [0, 0.1) is 5.92 Å². The molecule has 4 nitrogen and oxygen atoms in total. The van der Waals surface area contributed by atoms with Gasteiger partial charge in [0.2, 0.25) is 5.91 Å². The average Bonchev–Trinajstić information content (AvgIpc) is 2.57. The molecule has 0 radical (unpaired) electrons. The monoisotopic (exact) mass is 304 g/mol. The first-order chi connectivity index (χ1) is 10.7. The number of rotatable bonds is 6. The van der Waals surface area contributed by atoms with Gasteiger partial charge >= 0.3 is 0 Å². The SMILES string of the molecule is CCN(CC)C(=O)C1CCCN(Cc2ccc(OC)cc2)C1. The third kappa shape index (κ3) is 4.23. The van der Waals surface area contributed by atoms with Crippen LogP contribution < -0.4 is 4.74 Å². The summed E-state index contributed by atoms with van der Waals surface area (Å²) in [6.45, 7) is 8.59. The summed E-state index contributed by atoms with van der Waals surface area (Å²) in [7, 11) is 1.68. The number of benzene rings is 1. The van der Waals surface area contributed by atoms with Gasteiger partial charge < -0.3 is 9.64 Å². The zero-order valence-electron chi connectivity index (χ0n) is 14.0. The highest BCUT2D eigenvalue weighted by Gasteiger charge is 2.28. The maximum atomic E-state index is 12.5. The summed E-state index contributed by atoms with van der Waals surface area (Å²) in [5, 5.41) is 0. The molecule has 1 heterocycles. The summed E-state index contributed by atoms with van der Waals surface area (Å²) in [5.41, 5.74) is 1.27. The van der Waals surface area contributed by atoms with Gasteiger partial charge in [-0.25, -0.2) is 0 Å². The van der Waals surface area contributed by atoms with Crippen molar-refractivity contribution in [2.75, 3.05) is 33.3 Å². The van der Waals surface area contributed by atoms with Gasteiger partial charge in [0.15, 0.2) is 0 Å². The van der Waals surface area contributed by atoms with E-state index in [1.807, 2.05) is 17.0 Å². The second-order valence-electron chi connectivity index (χ2n) is 5.93. The van der Waals surface area contributed by atoms with E-state index >= 15 is 0 Å². The van der Waals surface area contributed by atoms with Crippen LogP contribution in [-0.4, -0.2) is 49.0 Å². The Kier molecular flexibility index (Phi) is 6.25. The Labute approximate surface area is 134 Å². The van der Waals surface area contributed by atoms with Gasteiger partial charge in [0.05, 0.1) is 13.0 Å². The van der Waals surface area contributed by atoms with E-state index in [9.17, 15) is 4.79 Å².